The molecule has 2 atom stereocenters. The van der Waals surface area contributed by atoms with Crippen LogP contribution in [0.4, 0.5) is 0 Å². The molecule has 1 aliphatic carbocycles. The lowest BCUT2D eigenvalue weighted by molar-refractivity contribution is -0.144. The molecule has 1 aliphatic rings. The van der Waals surface area contributed by atoms with Gasteiger partial charge in [-0.2, -0.15) is 0 Å². The Balaban J connectivity index is 2.46. The highest BCUT2D eigenvalue weighted by molar-refractivity contribution is 5.66. The molecule has 86 valence electrons. The first kappa shape index (κ1) is 12.2. The van der Waals surface area contributed by atoms with Gasteiger partial charge in [0.15, 0.2) is 0 Å². The Morgan fingerprint density at radius 1 is 1.33 bits per heavy atom. The summed E-state index contributed by atoms with van der Waals surface area (Å²) in [5.41, 5.74) is 0. The second kappa shape index (κ2) is 5.91. The van der Waals surface area contributed by atoms with Crippen molar-refractivity contribution in [3.05, 3.63) is 12.2 Å². The highest BCUT2D eigenvalue weighted by Gasteiger charge is 2.20. The number of rotatable bonds is 4. The number of likely N-dealkylation sites (N-methyl/N-ethyl adjacent to an activating group) is 1. The van der Waals surface area contributed by atoms with E-state index in [0.29, 0.717) is 6.04 Å². The third-order valence-corrected chi connectivity index (χ3v) is 2.89. The molecule has 0 aromatic rings. The fraction of sp³-hybridized carbons (Fsp3) is 0.750. The number of esters is 1. The van der Waals surface area contributed by atoms with Crippen molar-refractivity contribution in [1.29, 1.82) is 0 Å². The van der Waals surface area contributed by atoms with Crippen LogP contribution in [-0.4, -0.2) is 36.1 Å². The molecule has 3 nitrogen and oxygen atoms in total. The van der Waals surface area contributed by atoms with Crippen LogP contribution in [-0.2, 0) is 9.53 Å². The van der Waals surface area contributed by atoms with Gasteiger partial charge in [-0.05, 0) is 32.0 Å². The molecule has 0 aromatic carbocycles. The maximum atomic E-state index is 10.8. The average molecular weight is 211 g/mol. The SMILES string of the molecule is CCN(CC)[C@H]1C=C[C@H](OC(C)=O)CC1. The summed E-state index contributed by atoms with van der Waals surface area (Å²) in [6.07, 6.45) is 6.21. The van der Waals surface area contributed by atoms with Gasteiger partial charge in [0, 0.05) is 13.0 Å². The summed E-state index contributed by atoms with van der Waals surface area (Å²) in [5.74, 6) is -0.189. The minimum atomic E-state index is -0.189. The highest BCUT2D eigenvalue weighted by Crippen LogP contribution is 2.18. The summed E-state index contributed by atoms with van der Waals surface area (Å²) in [7, 11) is 0. The van der Waals surface area contributed by atoms with Gasteiger partial charge < -0.3 is 4.74 Å². The first-order chi connectivity index (χ1) is 7.17. The van der Waals surface area contributed by atoms with Crippen LogP contribution >= 0.6 is 0 Å². The first-order valence-electron chi connectivity index (χ1n) is 5.77. The van der Waals surface area contributed by atoms with Crippen LogP contribution in [0.2, 0.25) is 0 Å². The molecule has 0 spiro atoms. The Hall–Kier alpha value is -0.830. The zero-order valence-corrected chi connectivity index (χ0v) is 9.90. The molecule has 0 saturated carbocycles. The Morgan fingerprint density at radius 2 is 2.00 bits per heavy atom. The van der Waals surface area contributed by atoms with Gasteiger partial charge in [-0.3, -0.25) is 9.69 Å². The van der Waals surface area contributed by atoms with Crippen molar-refractivity contribution < 1.29 is 9.53 Å². The number of hydrogen-bond acceptors (Lipinski definition) is 3. The molecule has 0 heterocycles. The Kier molecular flexibility index (Phi) is 4.82. The van der Waals surface area contributed by atoms with E-state index in [0.717, 1.165) is 25.9 Å². The van der Waals surface area contributed by atoms with Gasteiger partial charge in [0.2, 0.25) is 0 Å². The molecule has 15 heavy (non-hydrogen) atoms. The number of ether oxygens (including phenoxy) is 1. The predicted octanol–water partition coefficient (Wildman–Crippen LogP) is 1.98. The third kappa shape index (κ3) is 3.67. The number of hydrogen-bond donors (Lipinski definition) is 0. The topological polar surface area (TPSA) is 29.5 Å². The zero-order chi connectivity index (χ0) is 11.3. The molecule has 0 amide bonds. The van der Waals surface area contributed by atoms with E-state index in [1.165, 1.54) is 6.92 Å². The van der Waals surface area contributed by atoms with Gasteiger partial charge >= 0.3 is 5.97 Å². The fourth-order valence-electron chi connectivity index (χ4n) is 2.09. The monoisotopic (exact) mass is 211 g/mol. The van der Waals surface area contributed by atoms with Crippen LogP contribution in [0.3, 0.4) is 0 Å². The van der Waals surface area contributed by atoms with Crippen molar-refractivity contribution in [3.63, 3.8) is 0 Å². The molecule has 0 unspecified atom stereocenters. The van der Waals surface area contributed by atoms with E-state index < -0.39 is 0 Å². The molecule has 0 N–H and O–H groups in total. The van der Waals surface area contributed by atoms with Crippen molar-refractivity contribution in [2.24, 2.45) is 0 Å². The van der Waals surface area contributed by atoms with Crippen LogP contribution in [0.1, 0.15) is 33.6 Å². The van der Waals surface area contributed by atoms with Crippen LogP contribution in [0.5, 0.6) is 0 Å². The van der Waals surface area contributed by atoms with E-state index in [4.69, 9.17) is 4.74 Å². The maximum Gasteiger partial charge on any atom is 0.303 e. The Morgan fingerprint density at radius 3 is 2.40 bits per heavy atom. The van der Waals surface area contributed by atoms with Gasteiger partial charge in [0.05, 0.1) is 0 Å². The van der Waals surface area contributed by atoms with E-state index in [2.05, 4.69) is 24.8 Å². The van der Waals surface area contributed by atoms with Crippen molar-refractivity contribution >= 4 is 5.97 Å². The largest absolute Gasteiger partial charge is 0.458 e. The van der Waals surface area contributed by atoms with Crippen LogP contribution in [0, 0.1) is 0 Å². The molecular weight excluding hydrogens is 190 g/mol. The van der Waals surface area contributed by atoms with Crippen molar-refractivity contribution in [2.75, 3.05) is 13.1 Å². The lowest BCUT2D eigenvalue weighted by Crippen LogP contribution is -2.36. The van der Waals surface area contributed by atoms with Gasteiger partial charge in [0.25, 0.3) is 0 Å². The third-order valence-electron chi connectivity index (χ3n) is 2.89. The van der Waals surface area contributed by atoms with Gasteiger partial charge in [0.1, 0.15) is 6.10 Å². The standard InChI is InChI=1S/C12H21NO2/c1-4-13(5-2)11-6-8-12(9-7-11)15-10(3)14/h6,8,11-12H,4-5,7,9H2,1-3H3/t11-,12-/m0/s1. The molecular formula is C12H21NO2. The summed E-state index contributed by atoms with van der Waals surface area (Å²) in [5, 5.41) is 0. The second-order valence-corrected chi connectivity index (χ2v) is 3.90. The average Bonchev–Trinajstić information content (AvgIpc) is 2.21. The van der Waals surface area contributed by atoms with Crippen LogP contribution in [0.15, 0.2) is 12.2 Å². The van der Waals surface area contributed by atoms with E-state index in [9.17, 15) is 4.79 Å². The minimum absolute atomic E-state index is 0.00527. The number of carbonyl (C=O) groups excluding carboxylic acids is 1. The van der Waals surface area contributed by atoms with Crippen LogP contribution < -0.4 is 0 Å². The van der Waals surface area contributed by atoms with Crippen molar-refractivity contribution in [3.8, 4) is 0 Å². The lowest BCUT2D eigenvalue weighted by Gasteiger charge is -2.31. The van der Waals surface area contributed by atoms with Crippen molar-refractivity contribution in [1.82, 2.24) is 4.90 Å². The minimum Gasteiger partial charge on any atom is -0.458 e. The molecule has 0 aromatic heterocycles. The van der Waals surface area contributed by atoms with Gasteiger partial charge in [-0.15, -0.1) is 0 Å². The van der Waals surface area contributed by atoms with E-state index in [1.807, 2.05) is 6.08 Å². The first-order valence-corrected chi connectivity index (χ1v) is 5.77. The summed E-state index contributed by atoms with van der Waals surface area (Å²) in [6, 6.07) is 0.520. The molecule has 3 heteroatoms. The normalized spacial score (nSPS) is 25.6. The zero-order valence-electron chi connectivity index (χ0n) is 9.90. The highest BCUT2D eigenvalue weighted by atomic mass is 16.5. The lowest BCUT2D eigenvalue weighted by atomic mass is 9.99. The van der Waals surface area contributed by atoms with E-state index >= 15 is 0 Å². The fourth-order valence-corrected chi connectivity index (χ4v) is 2.09. The summed E-state index contributed by atoms with van der Waals surface area (Å²) < 4.78 is 5.14. The summed E-state index contributed by atoms with van der Waals surface area (Å²) >= 11 is 0. The van der Waals surface area contributed by atoms with E-state index in [-0.39, 0.29) is 12.1 Å². The molecule has 0 radical (unpaired) electrons. The van der Waals surface area contributed by atoms with Gasteiger partial charge in [-0.25, -0.2) is 0 Å². The molecule has 0 aliphatic heterocycles. The van der Waals surface area contributed by atoms with Crippen LogP contribution in [0.25, 0.3) is 0 Å². The number of nitrogens with zero attached hydrogens (tertiary/aromatic N) is 1. The summed E-state index contributed by atoms with van der Waals surface area (Å²) in [4.78, 5) is 13.2. The van der Waals surface area contributed by atoms with Crippen molar-refractivity contribution in [2.45, 2.75) is 45.8 Å². The molecule has 0 fully saturated rings. The smallest absolute Gasteiger partial charge is 0.303 e. The number of carbonyl (C=O) groups is 1. The Labute approximate surface area is 92.1 Å². The maximum absolute atomic E-state index is 10.8. The summed E-state index contributed by atoms with van der Waals surface area (Å²) in [6.45, 7) is 7.96. The van der Waals surface area contributed by atoms with Gasteiger partial charge in [-0.1, -0.05) is 19.9 Å². The molecule has 0 saturated heterocycles. The van der Waals surface area contributed by atoms with E-state index in [1.54, 1.807) is 0 Å². The predicted molar refractivity (Wildman–Crippen MR) is 60.6 cm³/mol. The molecule has 0 bridgehead atoms. The Bertz CT molecular complexity index is 234. The molecule has 1 rings (SSSR count). The second-order valence-electron chi connectivity index (χ2n) is 3.90. The quantitative estimate of drug-likeness (QED) is 0.526.